The number of halogens is 2. The topological polar surface area (TPSA) is 73.0 Å². The lowest BCUT2D eigenvalue weighted by atomic mass is 10.1. The summed E-state index contributed by atoms with van der Waals surface area (Å²) in [4.78, 5) is 18.6. The van der Waals surface area contributed by atoms with Crippen molar-refractivity contribution in [2.24, 2.45) is 0 Å². The molecule has 1 amide bonds. The van der Waals surface area contributed by atoms with Crippen LogP contribution in [-0.4, -0.2) is 59.9 Å². The number of nitrogens with one attached hydrogen (secondary N) is 2. The molecule has 0 unspecified atom stereocenters. The van der Waals surface area contributed by atoms with Gasteiger partial charge in [-0.05, 0) is 6.07 Å². The maximum absolute atomic E-state index is 13.6. The van der Waals surface area contributed by atoms with Crippen molar-refractivity contribution in [2.45, 2.75) is 12.8 Å². The Hall–Kier alpha value is -2.91. The van der Waals surface area contributed by atoms with Crippen molar-refractivity contribution in [2.75, 3.05) is 39.4 Å². The van der Waals surface area contributed by atoms with Gasteiger partial charge in [-0.15, -0.1) is 0 Å². The second kappa shape index (κ2) is 9.27. The molecule has 4 rings (SSSR count). The molecule has 0 aliphatic carbocycles. The predicted molar refractivity (Wildman–Crippen MR) is 107 cm³/mol. The molecule has 1 aliphatic heterocycles. The molecule has 158 valence electrons. The monoisotopic (exact) mass is 416 g/mol. The second-order valence-electron chi connectivity index (χ2n) is 7.25. The molecule has 1 aromatic carbocycles. The fourth-order valence-corrected chi connectivity index (χ4v) is 3.60. The Morgan fingerprint density at radius 3 is 2.73 bits per heavy atom. The van der Waals surface area contributed by atoms with Gasteiger partial charge in [0.2, 0.25) is 0 Å². The third kappa shape index (κ3) is 4.47. The van der Waals surface area contributed by atoms with Gasteiger partial charge in [0.25, 0.3) is 12.3 Å². The number of morpholine rings is 1. The molecule has 0 atom stereocenters. The van der Waals surface area contributed by atoms with E-state index in [9.17, 15) is 13.6 Å². The first-order chi connectivity index (χ1) is 14.6. The van der Waals surface area contributed by atoms with Crippen LogP contribution in [0.5, 0.6) is 0 Å². The number of quaternary nitrogens is 1. The second-order valence-corrected chi connectivity index (χ2v) is 7.25. The van der Waals surface area contributed by atoms with Gasteiger partial charge in [-0.25, -0.2) is 18.3 Å². The van der Waals surface area contributed by atoms with Gasteiger partial charge in [-0.2, -0.15) is 5.10 Å². The molecule has 2 N–H and O–H groups in total. The van der Waals surface area contributed by atoms with Crippen LogP contribution in [0.2, 0.25) is 0 Å². The summed E-state index contributed by atoms with van der Waals surface area (Å²) in [5.41, 5.74) is 1.09. The summed E-state index contributed by atoms with van der Waals surface area (Å²) < 4.78 is 33.6. The molecule has 3 heterocycles. The van der Waals surface area contributed by atoms with Gasteiger partial charge in [0.05, 0.1) is 31.6 Å². The highest BCUT2D eigenvalue weighted by Gasteiger charge is 2.21. The van der Waals surface area contributed by atoms with Crippen LogP contribution >= 0.6 is 0 Å². The van der Waals surface area contributed by atoms with Crippen molar-refractivity contribution in [3.8, 4) is 11.3 Å². The molecule has 1 saturated heterocycles. The number of nitrogens with zero attached hydrogens (tertiary/aromatic N) is 3. The molecule has 0 saturated carbocycles. The first kappa shape index (κ1) is 20.4. The number of hydrogen-bond acceptors (Lipinski definition) is 4. The maximum atomic E-state index is 13.6. The van der Waals surface area contributed by atoms with E-state index in [0.29, 0.717) is 17.8 Å². The van der Waals surface area contributed by atoms with E-state index in [1.54, 1.807) is 12.1 Å². The molecular formula is C21H24F2N5O2+. The zero-order valence-electron chi connectivity index (χ0n) is 16.5. The molecule has 2 aromatic heterocycles. The van der Waals surface area contributed by atoms with Gasteiger partial charge in [-0.1, -0.05) is 30.3 Å². The summed E-state index contributed by atoms with van der Waals surface area (Å²) in [5, 5.41) is 6.85. The van der Waals surface area contributed by atoms with Gasteiger partial charge < -0.3 is 15.0 Å². The van der Waals surface area contributed by atoms with Gasteiger partial charge in [0.1, 0.15) is 24.3 Å². The molecule has 0 spiro atoms. The molecule has 3 aromatic rings. The summed E-state index contributed by atoms with van der Waals surface area (Å²) >= 11 is 0. The lowest BCUT2D eigenvalue weighted by Crippen LogP contribution is -3.14. The van der Waals surface area contributed by atoms with Crippen LogP contribution in [0.15, 0.2) is 42.6 Å². The molecule has 1 aliphatic rings. The van der Waals surface area contributed by atoms with Crippen LogP contribution in [-0.2, 0) is 4.74 Å². The number of fused-ring (bicyclic) bond motifs is 1. The summed E-state index contributed by atoms with van der Waals surface area (Å²) in [6.07, 6.45) is -0.623. The van der Waals surface area contributed by atoms with Crippen molar-refractivity contribution in [3.05, 3.63) is 53.9 Å². The fourth-order valence-electron chi connectivity index (χ4n) is 3.60. The third-order valence-electron chi connectivity index (χ3n) is 5.23. The third-order valence-corrected chi connectivity index (χ3v) is 5.23. The van der Waals surface area contributed by atoms with Crippen LogP contribution in [0.4, 0.5) is 8.78 Å². The first-order valence-electron chi connectivity index (χ1n) is 10.1. The number of carbonyl (C=O) groups excluding carboxylic acids is 1. The number of rotatable bonds is 7. The molecule has 9 heteroatoms. The molecule has 7 nitrogen and oxygen atoms in total. The normalized spacial score (nSPS) is 15.0. The van der Waals surface area contributed by atoms with Crippen LogP contribution < -0.4 is 10.2 Å². The van der Waals surface area contributed by atoms with E-state index >= 15 is 0 Å². The standard InChI is InChI=1S/C21H23F2N5O2/c22-19(23)18-13-17(15-5-2-1-3-6-15)26-20-16(14-25-28(18)20)21(29)24-7-4-8-27-9-11-30-12-10-27/h1-3,5-6,13-14,19H,4,7-12H2,(H,24,29)/p+1. The summed E-state index contributed by atoms with van der Waals surface area (Å²) in [5.74, 6) is -0.361. The van der Waals surface area contributed by atoms with E-state index < -0.39 is 6.43 Å². The number of benzene rings is 1. The smallest absolute Gasteiger partial charge is 0.280 e. The molecule has 0 radical (unpaired) electrons. The minimum atomic E-state index is -2.75. The van der Waals surface area contributed by atoms with Gasteiger partial charge in [-0.3, -0.25) is 4.79 Å². The molecule has 0 bridgehead atoms. The number of alkyl halides is 2. The van der Waals surface area contributed by atoms with Crippen LogP contribution in [0.1, 0.15) is 28.9 Å². The van der Waals surface area contributed by atoms with Gasteiger partial charge in [0.15, 0.2) is 5.65 Å². The first-order valence-corrected chi connectivity index (χ1v) is 10.1. The van der Waals surface area contributed by atoms with Gasteiger partial charge >= 0.3 is 0 Å². The Kier molecular flexibility index (Phi) is 6.29. The predicted octanol–water partition coefficient (Wildman–Crippen LogP) is 1.37. The number of carbonyl (C=O) groups is 1. The van der Waals surface area contributed by atoms with E-state index in [1.807, 2.05) is 18.2 Å². The Bertz CT molecular complexity index is 1000. The highest BCUT2D eigenvalue weighted by Crippen LogP contribution is 2.26. The lowest BCUT2D eigenvalue weighted by molar-refractivity contribution is -0.908. The molecule has 1 fully saturated rings. The van der Waals surface area contributed by atoms with Gasteiger partial charge in [0, 0.05) is 18.5 Å². The Balaban J connectivity index is 1.52. The average molecular weight is 416 g/mol. The number of aromatic nitrogens is 3. The zero-order chi connectivity index (χ0) is 20.9. The maximum Gasteiger partial charge on any atom is 0.280 e. The quantitative estimate of drug-likeness (QED) is 0.571. The fraction of sp³-hybridized carbons (Fsp3) is 0.381. The largest absolute Gasteiger partial charge is 0.370 e. The van der Waals surface area contributed by atoms with Crippen LogP contribution in [0.3, 0.4) is 0 Å². The van der Waals surface area contributed by atoms with E-state index in [-0.39, 0.29) is 22.8 Å². The van der Waals surface area contributed by atoms with E-state index in [1.165, 1.54) is 17.2 Å². The number of ether oxygens (including phenoxy) is 1. The summed E-state index contributed by atoms with van der Waals surface area (Å²) in [6, 6.07) is 10.4. The number of hydrogen-bond donors (Lipinski definition) is 2. The van der Waals surface area contributed by atoms with Crippen molar-refractivity contribution >= 4 is 11.6 Å². The van der Waals surface area contributed by atoms with Crippen molar-refractivity contribution in [3.63, 3.8) is 0 Å². The average Bonchev–Trinajstić information content (AvgIpc) is 3.21. The molecular weight excluding hydrogens is 392 g/mol. The summed E-state index contributed by atoms with van der Waals surface area (Å²) in [6.45, 7) is 4.94. The highest BCUT2D eigenvalue weighted by atomic mass is 19.3. The SMILES string of the molecule is O=C(NCCC[NH+]1CCOCC1)c1cnn2c(C(F)F)cc(-c3ccccc3)nc12. The van der Waals surface area contributed by atoms with E-state index in [0.717, 1.165) is 43.8 Å². The Morgan fingerprint density at radius 1 is 1.23 bits per heavy atom. The minimum absolute atomic E-state index is 0.128. The van der Waals surface area contributed by atoms with Crippen molar-refractivity contribution < 1.29 is 23.2 Å². The van der Waals surface area contributed by atoms with Crippen LogP contribution in [0, 0.1) is 0 Å². The zero-order valence-corrected chi connectivity index (χ0v) is 16.5. The Morgan fingerprint density at radius 2 is 2.00 bits per heavy atom. The number of amides is 1. The van der Waals surface area contributed by atoms with Crippen LogP contribution in [0.25, 0.3) is 16.9 Å². The minimum Gasteiger partial charge on any atom is -0.370 e. The highest BCUT2D eigenvalue weighted by molar-refractivity contribution is 5.99. The lowest BCUT2D eigenvalue weighted by Gasteiger charge is -2.23. The summed E-state index contributed by atoms with van der Waals surface area (Å²) in [7, 11) is 0. The van der Waals surface area contributed by atoms with Crippen molar-refractivity contribution in [1.82, 2.24) is 19.9 Å². The molecule has 30 heavy (non-hydrogen) atoms. The van der Waals surface area contributed by atoms with Crippen molar-refractivity contribution in [1.29, 1.82) is 0 Å². The van der Waals surface area contributed by atoms with E-state index in [4.69, 9.17) is 4.74 Å². The van der Waals surface area contributed by atoms with E-state index in [2.05, 4.69) is 15.4 Å². The Labute approximate surface area is 172 Å².